The number of hydrogen-bond acceptors (Lipinski definition) is 5. The Balaban J connectivity index is 1.59. The van der Waals surface area contributed by atoms with Crippen LogP contribution in [-0.2, 0) is 4.79 Å². The maximum atomic E-state index is 12.3. The van der Waals surface area contributed by atoms with Crippen LogP contribution in [0.15, 0.2) is 71.9 Å². The molecule has 4 aromatic rings. The molecule has 0 fully saturated rings. The molecule has 27 heavy (non-hydrogen) atoms. The Bertz CT molecular complexity index is 1150. The van der Waals surface area contributed by atoms with Gasteiger partial charge < -0.3 is 15.0 Å². The molecule has 0 spiro atoms. The van der Waals surface area contributed by atoms with Gasteiger partial charge in [-0.25, -0.2) is 9.67 Å². The fraction of sp³-hybridized carbons (Fsp3) is 0.0526. The van der Waals surface area contributed by atoms with E-state index in [0.717, 1.165) is 0 Å². The Hall–Kier alpha value is -3.94. The number of nitrogens with one attached hydrogen (secondary N) is 2. The lowest BCUT2D eigenvalue weighted by Gasteiger charge is -2.12. The number of para-hydroxylation sites is 3. The first-order valence-electron chi connectivity index (χ1n) is 8.21. The fourth-order valence-corrected chi connectivity index (χ4v) is 2.65. The first-order chi connectivity index (χ1) is 13.2. The summed E-state index contributed by atoms with van der Waals surface area (Å²) in [6, 6.07) is 16.2. The van der Waals surface area contributed by atoms with Crippen LogP contribution in [0.5, 0.6) is 5.75 Å². The molecule has 0 aliphatic carbocycles. The van der Waals surface area contributed by atoms with Crippen LogP contribution in [-0.4, -0.2) is 32.3 Å². The van der Waals surface area contributed by atoms with E-state index in [1.807, 2.05) is 24.3 Å². The molecule has 0 aliphatic heterocycles. The van der Waals surface area contributed by atoms with Gasteiger partial charge in [0.05, 0.1) is 23.9 Å². The maximum Gasteiger partial charge on any atom is 0.262 e. The molecule has 8 nitrogen and oxygen atoms in total. The topological polar surface area (TPSA) is 102 Å². The van der Waals surface area contributed by atoms with E-state index < -0.39 is 0 Å². The minimum absolute atomic E-state index is 0.129. The highest BCUT2D eigenvalue weighted by Gasteiger charge is 2.13. The second-order valence-electron chi connectivity index (χ2n) is 5.69. The van der Waals surface area contributed by atoms with Crippen LogP contribution >= 0.6 is 0 Å². The Morgan fingerprint density at radius 3 is 2.74 bits per heavy atom. The number of anilines is 1. The van der Waals surface area contributed by atoms with E-state index >= 15 is 0 Å². The van der Waals surface area contributed by atoms with Crippen LogP contribution in [0, 0.1) is 0 Å². The fourth-order valence-electron chi connectivity index (χ4n) is 2.65. The van der Waals surface area contributed by atoms with Gasteiger partial charge in [-0.2, -0.15) is 5.10 Å². The summed E-state index contributed by atoms with van der Waals surface area (Å²) in [7, 11) is 0. The molecule has 134 valence electrons. The van der Waals surface area contributed by atoms with Gasteiger partial charge in [0, 0.05) is 0 Å². The molecule has 8 heteroatoms. The molecule has 4 rings (SSSR count). The molecule has 0 aliphatic rings. The number of hydrogen-bond donors (Lipinski definition) is 2. The third-order valence-electron chi connectivity index (χ3n) is 3.89. The summed E-state index contributed by atoms with van der Waals surface area (Å²) in [5.74, 6) is 0.302. The van der Waals surface area contributed by atoms with Crippen molar-refractivity contribution in [1.29, 1.82) is 0 Å². The molecule has 2 aromatic carbocycles. The monoisotopic (exact) mass is 361 g/mol. The molecular formula is C19H15N5O3. The highest BCUT2D eigenvalue weighted by atomic mass is 16.5. The van der Waals surface area contributed by atoms with Crippen LogP contribution in [0.2, 0.25) is 0 Å². The van der Waals surface area contributed by atoms with Crippen molar-refractivity contribution in [1.82, 2.24) is 19.7 Å². The van der Waals surface area contributed by atoms with Gasteiger partial charge in [0.15, 0.2) is 12.3 Å². The normalized spacial score (nSPS) is 10.7. The molecule has 0 saturated carbocycles. The molecule has 2 heterocycles. The Kier molecular flexibility index (Phi) is 4.36. The van der Waals surface area contributed by atoms with E-state index in [1.165, 1.54) is 17.2 Å². The third kappa shape index (κ3) is 3.40. The van der Waals surface area contributed by atoms with Gasteiger partial charge in [-0.3, -0.25) is 9.59 Å². The van der Waals surface area contributed by atoms with Gasteiger partial charge in [-0.15, -0.1) is 0 Å². The molecule has 0 unspecified atom stereocenters. The molecule has 0 atom stereocenters. The molecular weight excluding hydrogens is 346 g/mol. The molecule has 0 saturated heterocycles. The highest BCUT2D eigenvalue weighted by molar-refractivity contribution is 5.94. The molecule has 2 N–H and O–H groups in total. The number of nitrogens with zero attached hydrogens (tertiary/aromatic N) is 3. The summed E-state index contributed by atoms with van der Waals surface area (Å²) in [6.07, 6.45) is 2.76. The van der Waals surface area contributed by atoms with Crippen molar-refractivity contribution in [3.8, 4) is 11.4 Å². The van der Waals surface area contributed by atoms with Crippen LogP contribution in [0.4, 0.5) is 5.69 Å². The minimum atomic E-state index is -0.312. The van der Waals surface area contributed by atoms with Crippen molar-refractivity contribution in [2.45, 2.75) is 0 Å². The first kappa shape index (κ1) is 16.5. The summed E-state index contributed by atoms with van der Waals surface area (Å²) in [6.45, 7) is -0.129. The van der Waals surface area contributed by atoms with Crippen molar-refractivity contribution in [3.63, 3.8) is 0 Å². The summed E-state index contributed by atoms with van der Waals surface area (Å²) in [5.41, 5.74) is 1.26. The number of ether oxygens (including phenoxy) is 1. The van der Waals surface area contributed by atoms with Crippen LogP contribution < -0.4 is 15.6 Å². The standard InChI is InChI=1S/C19H15N5O3/c25-17(11-27-13-6-2-1-3-7-13)23-15-8-4-5-9-16(15)24-18-14(10-22-24)19(26)21-12-20-18/h1-10,12H,11H2,(H,23,25)(H,20,21,26). The van der Waals surface area contributed by atoms with E-state index in [-0.39, 0.29) is 18.1 Å². The van der Waals surface area contributed by atoms with E-state index in [0.29, 0.717) is 28.2 Å². The number of benzene rings is 2. The molecule has 1 amide bonds. The number of H-pyrrole nitrogens is 1. The summed E-state index contributed by atoms with van der Waals surface area (Å²) in [4.78, 5) is 30.9. The average Bonchev–Trinajstić information content (AvgIpc) is 3.13. The van der Waals surface area contributed by atoms with Crippen LogP contribution in [0.1, 0.15) is 0 Å². The zero-order valence-electron chi connectivity index (χ0n) is 14.1. The molecule has 0 bridgehead atoms. The molecule has 0 radical (unpaired) electrons. The Morgan fingerprint density at radius 1 is 1.11 bits per heavy atom. The number of aromatic amines is 1. The third-order valence-corrected chi connectivity index (χ3v) is 3.89. The second kappa shape index (κ2) is 7.12. The predicted octanol–water partition coefficient (Wildman–Crippen LogP) is 2.13. The quantitative estimate of drug-likeness (QED) is 0.567. The van der Waals surface area contributed by atoms with Gasteiger partial charge in [0.1, 0.15) is 11.1 Å². The summed E-state index contributed by atoms with van der Waals surface area (Å²) < 4.78 is 6.98. The van der Waals surface area contributed by atoms with E-state index in [2.05, 4.69) is 20.4 Å². The Labute approximate surface area is 153 Å². The van der Waals surface area contributed by atoms with Gasteiger partial charge in [-0.05, 0) is 24.3 Å². The number of aromatic nitrogens is 4. The average molecular weight is 361 g/mol. The molecule has 2 aromatic heterocycles. The number of rotatable bonds is 5. The van der Waals surface area contributed by atoms with Crippen LogP contribution in [0.3, 0.4) is 0 Å². The van der Waals surface area contributed by atoms with Crippen LogP contribution in [0.25, 0.3) is 16.7 Å². The van der Waals surface area contributed by atoms with Gasteiger partial charge in [-0.1, -0.05) is 30.3 Å². The lowest BCUT2D eigenvalue weighted by molar-refractivity contribution is -0.118. The lowest BCUT2D eigenvalue weighted by Crippen LogP contribution is -2.21. The van der Waals surface area contributed by atoms with Crippen molar-refractivity contribution in [2.75, 3.05) is 11.9 Å². The van der Waals surface area contributed by atoms with E-state index in [9.17, 15) is 9.59 Å². The Morgan fingerprint density at radius 2 is 1.89 bits per heavy atom. The smallest absolute Gasteiger partial charge is 0.262 e. The minimum Gasteiger partial charge on any atom is -0.484 e. The largest absolute Gasteiger partial charge is 0.484 e. The van der Waals surface area contributed by atoms with Gasteiger partial charge >= 0.3 is 0 Å². The van der Waals surface area contributed by atoms with Gasteiger partial charge in [0.25, 0.3) is 11.5 Å². The number of fused-ring (bicyclic) bond motifs is 1. The summed E-state index contributed by atoms with van der Waals surface area (Å²) in [5, 5.41) is 7.42. The van der Waals surface area contributed by atoms with Crippen molar-refractivity contribution >= 4 is 22.6 Å². The zero-order chi connectivity index (χ0) is 18.6. The summed E-state index contributed by atoms with van der Waals surface area (Å²) >= 11 is 0. The number of carbonyl (C=O) groups excluding carboxylic acids is 1. The second-order valence-corrected chi connectivity index (χ2v) is 5.69. The van der Waals surface area contributed by atoms with E-state index in [4.69, 9.17) is 4.74 Å². The van der Waals surface area contributed by atoms with Crippen molar-refractivity contribution < 1.29 is 9.53 Å². The number of carbonyl (C=O) groups is 1. The highest BCUT2D eigenvalue weighted by Crippen LogP contribution is 2.22. The van der Waals surface area contributed by atoms with Gasteiger partial charge in [0.2, 0.25) is 0 Å². The SMILES string of the molecule is O=C(COc1ccccc1)Nc1ccccc1-n1ncc2c(=O)[nH]cnc21. The van der Waals surface area contributed by atoms with Crippen molar-refractivity contribution in [3.05, 3.63) is 77.5 Å². The predicted molar refractivity (Wildman–Crippen MR) is 100 cm³/mol. The van der Waals surface area contributed by atoms with Crippen molar-refractivity contribution in [2.24, 2.45) is 0 Å². The maximum absolute atomic E-state index is 12.3. The lowest BCUT2D eigenvalue weighted by atomic mass is 10.2. The number of amides is 1. The first-order valence-corrected chi connectivity index (χ1v) is 8.21. The van der Waals surface area contributed by atoms with E-state index in [1.54, 1.807) is 30.3 Å². The zero-order valence-corrected chi connectivity index (χ0v) is 14.1.